The standard InChI is InChI=1S/C27H39N3O4/c1-19(31)29-17-20-5-3-4-6-23(20)26(18-29)9-11-28(12-10-26)22-15-21-7-8-24-27(21,16-22)30(24)25(32)34-14-13-33-2/h3,5,21-22,24H,4,6-18H2,1-2H3/t21?,22?,24-,27?,30?/m1/s1. The summed E-state index contributed by atoms with van der Waals surface area (Å²) >= 11 is 0. The average Bonchev–Trinajstić information content (AvgIpc) is 3.10. The molecule has 3 heterocycles. The van der Waals surface area contributed by atoms with Gasteiger partial charge in [-0.3, -0.25) is 9.69 Å². The van der Waals surface area contributed by atoms with Gasteiger partial charge >= 0.3 is 6.09 Å². The number of hydrogen-bond acceptors (Lipinski definition) is 5. The molecule has 3 aliphatic heterocycles. The summed E-state index contributed by atoms with van der Waals surface area (Å²) in [5, 5.41) is 0. The number of carbonyl (C=O) groups excluding carboxylic acids is 2. The molecular weight excluding hydrogens is 430 g/mol. The minimum Gasteiger partial charge on any atom is -0.447 e. The van der Waals surface area contributed by atoms with Crippen LogP contribution in [0.25, 0.3) is 0 Å². The quantitative estimate of drug-likeness (QED) is 0.467. The number of piperidine rings is 2. The first-order valence-corrected chi connectivity index (χ1v) is 13.3. The summed E-state index contributed by atoms with van der Waals surface area (Å²) in [6.07, 6.45) is 13.7. The van der Waals surface area contributed by atoms with Crippen LogP contribution in [-0.2, 0) is 14.3 Å². The number of carbonyl (C=O) groups is 2. The lowest BCUT2D eigenvalue weighted by Crippen LogP contribution is -2.53. The van der Waals surface area contributed by atoms with Crippen molar-refractivity contribution in [2.24, 2.45) is 11.3 Å². The maximum absolute atomic E-state index is 12.7. The molecule has 0 N–H and O–H groups in total. The van der Waals surface area contributed by atoms with Crippen LogP contribution in [-0.4, -0.2) is 90.8 Å². The molecule has 3 aliphatic carbocycles. The monoisotopic (exact) mass is 469 g/mol. The van der Waals surface area contributed by atoms with Crippen molar-refractivity contribution in [3.8, 4) is 0 Å². The van der Waals surface area contributed by atoms with E-state index in [1.54, 1.807) is 19.6 Å². The highest BCUT2D eigenvalue weighted by atomic mass is 16.6. The van der Waals surface area contributed by atoms with Crippen LogP contribution < -0.4 is 0 Å². The van der Waals surface area contributed by atoms with Gasteiger partial charge in [-0.15, -0.1) is 0 Å². The van der Waals surface area contributed by atoms with Gasteiger partial charge in [0, 0.05) is 38.6 Å². The van der Waals surface area contributed by atoms with E-state index in [9.17, 15) is 9.59 Å². The number of allylic oxidation sites excluding steroid dienone is 1. The topological polar surface area (TPSA) is 62.1 Å². The van der Waals surface area contributed by atoms with Crippen molar-refractivity contribution in [3.05, 3.63) is 23.3 Å². The van der Waals surface area contributed by atoms with E-state index in [0.717, 1.165) is 64.7 Å². The van der Waals surface area contributed by atoms with E-state index in [1.807, 2.05) is 0 Å². The van der Waals surface area contributed by atoms with Crippen LogP contribution in [0.1, 0.15) is 58.3 Å². The van der Waals surface area contributed by atoms with Crippen LogP contribution in [0.15, 0.2) is 23.3 Å². The number of rotatable bonds is 4. The Bertz CT molecular complexity index is 921. The number of methoxy groups -OCH3 is 1. The molecule has 2 saturated carbocycles. The molecule has 0 radical (unpaired) electrons. The van der Waals surface area contributed by atoms with Crippen molar-refractivity contribution >= 4 is 12.0 Å². The number of amides is 2. The largest absolute Gasteiger partial charge is 0.447 e. The van der Waals surface area contributed by atoms with Crippen LogP contribution in [0.4, 0.5) is 4.79 Å². The molecule has 0 aromatic carbocycles. The zero-order valence-corrected chi connectivity index (χ0v) is 20.8. The van der Waals surface area contributed by atoms with Gasteiger partial charge < -0.3 is 19.3 Å². The van der Waals surface area contributed by atoms with E-state index >= 15 is 0 Å². The Morgan fingerprint density at radius 2 is 2.00 bits per heavy atom. The second-order valence-electron chi connectivity index (χ2n) is 11.5. The second-order valence-corrected chi connectivity index (χ2v) is 11.5. The molecule has 4 atom stereocenters. The number of likely N-dealkylation sites (tertiary alicyclic amines) is 2. The second kappa shape index (κ2) is 8.37. The Morgan fingerprint density at radius 1 is 1.18 bits per heavy atom. The Labute approximate surface area is 203 Å². The highest BCUT2D eigenvalue weighted by molar-refractivity contribution is 5.75. The van der Waals surface area contributed by atoms with E-state index in [-0.39, 0.29) is 23.0 Å². The predicted octanol–water partition coefficient (Wildman–Crippen LogP) is 3.36. The smallest absolute Gasteiger partial charge is 0.410 e. The molecule has 6 aliphatic rings. The molecule has 34 heavy (non-hydrogen) atoms. The normalized spacial score (nSPS) is 35.9. The summed E-state index contributed by atoms with van der Waals surface area (Å²) in [4.78, 5) is 31.9. The van der Waals surface area contributed by atoms with Gasteiger partial charge in [-0.2, -0.15) is 0 Å². The first kappa shape index (κ1) is 22.6. The van der Waals surface area contributed by atoms with E-state index in [1.165, 1.54) is 18.4 Å². The highest BCUT2D eigenvalue weighted by Crippen LogP contribution is 2.65. The highest BCUT2D eigenvalue weighted by Gasteiger charge is 2.75. The van der Waals surface area contributed by atoms with Crippen molar-refractivity contribution in [1.82, 2.24) is 14.7 Å². The van der Waals surface area contributed by atoms with Crippen LogP contribution in [0, 0.1) is 11.3 Å². The maximum atomic E-state index is 12.7. The molecular formula is C27H39N3O4. The third kappa shape index (κ3) is 3.37. The SMILES string of the molecule is COCCOC(=O)N1[C@@H]2CCC3CC(N4CCC5(CC4)CN(C(C)=O)CC4=C5CCC=C4)CC321. The van der Waals surface area contributed by atoms with Crippen molar-refractivity contribution in [2.45, 2.75) is 75.9 Å². The molecule has 7 nitrogen and oxygen atoms in total. The van der Waals surface area contributed by atoms with Crippen molar-refractivity contribution in [2.75, 3.05) is 46.5 Å². The number of nitrogens with zero attached hydrogens (tertiary/aromatic N) is 3. The van der Waals surface area contributed by atoms with Gasteiger partial charge in [0.05, 0.1) is 18.2 Å². The molecule has 6 rings (SSSR count). The zero-order valence-electron chi connectivity index (χ0n) is 20.8. The summed E-state index contributed by atoms with van der Waals surface area (Å²) in [5.41, 5.74) is 3.26. The Kier molecular flexibility index (Phi) is 5.56. The van der Waals surface area contributed by atoms with Crippen molar-refractivity contribution in [3.63, 3.8) is 0 Å². The first-order valence-electron chi connectivity index (χ1n) is 13.3. The first-order chi connectivity index (χ1) is 16.5. The third-order valence-corrected chi connectivity index (χ3v) is 10.1. The average molecular weight is 470 g/mol. The van der Waals surface area contributed by atoms with Crippen LogP contribution in [0.3, 0.4) is 0 Å². The van der Waals surface area contributed by atoms with Gasteiger partial charge in [-0.25, -0.2) is 4.79 Å². The molecule has 2 saturated heterocycles. The maximum Gasteiger partial charge on any atom is 0.410 e. The summed E-state index contributed by atoms with van der Waals surface area (Å²) in [7, 11) is 1.63. The van der Waals surface area contributed by atoms with Gasteiger partial charge in [0.15, 0.2) is 0 Å². The lowest BCUT2D eigenvalue weighted by molar-refractivity contribution is -0.130. The molecule has 3 unspecified atom stereocenters. The van der Waals surface area contributed by atoms with Crippen LogP contribution in [0.5, 0.6) is 0 Å². The molecule has 2 amide bonds. The summed E-state index contributed by atoms with van der Waals surface area (Å²) in [6.45, 7) is 6.39. The fourth-order valence-electron chi connectivity index (χ4n) is 8.43. The van der Waals surface area contributed by atoms with Crippen LogP contribution in [0.2, 0.25) is 0 Å². The van der Waals surface area contributed by atoms with Crippen molar-refractivity contribution < 1.29 is 19.1 Å². The zero-order chi connectivity index (χ0) is 23.5. The van der Waals surface area contributed by atoms with Gasteiger partial charge in [0.1, 0.15) is 6.61 Å². The Balaban J connectivity index is 1.12. The summed E-state index contributed by atoms with van der Waals surface area (Å²) in [6, 6.07) is 0.951. The van der Waals surface area contributed by atoms with Crippen LogP contribution >= 0.6 is 0 Å². The fourth-order valence-corrected chi connectivity index (χ4v) is 8.43. The lowest BCUT2D eigenvalue weighted by atomic mass is 9.66. The van der Waals surface area contributed by atoms with E-state index in [2.05, 4.69) is 26.9 Å². The van der Waals surface area contributed by atoms with E-state index in [0.29, 0.717) is 31.2 Å². The number of fused-ring (bicyclic) bond motifs is 1. The summed E-state index contributed by atoms with van der Waals surface area (Å²) < 4.78 is 10.5. The third-order valence-electron chi connectivity index (χ3n) is 10.1. The van der Waals surface area contributed by atoms with Gasteiger partial charge in [-0.05, 0) is 75.9 Å². The molecule has 0 aromatic rings. The molecule has 0 bridgehead atoms. The minimum absolute atomic E-state index is 0.0596. The fraction of sp³-hybridized carbons (Fsp3) is 0.778. The van der Waals surface area contributed by atoms with E-state index in [4.69, 9.17) is 9.47 Å². The van der Waals surface area contributed by atoms with Gasteiger partial charge in [-0.1, -0.05) is 17.7 Å². The van der Waals surface area contributed by atoms with Gasteiger partial charge in [0.2, 0.25) is 5.91 Å². The Morgan fingerprint density at radius 3 is 2.76 bits per heavy atom. The number of hydrogen-bond donors (Lipinski definition) is 0. The lowest BCUT2D eigenvalue weighted by Gasteiger charge is -2.51. The predicted molar refractivity (Wildman–Crippen MR) is 128 cm³/mol. The van der Waals surface area contributed by atoms with E-state index < -0.39 is 0 Å². The molecule has 186 valence electrons. The summed E-state index contributed by atoms with van der Waals surface area (Å²) in [5.74, 6) is 0.821. The van der Waals surface area contributed by atoms with Gasteiger partial charge in [0.25, 0.3) is 0 Å². The molecule has 7 heteroatoms. The molecule has 4 fully saturated rings. The molecule has 2 spiro atoms. The Hall–Kier alpha value is -1.86. The minimum atomic E-state index is -0.138. The molecule has 0 aromatic heterocycles. The number of ether oxygens (including phenoxy) is 2. The van der Waals surface area contributed by atoms with Crippen molar-refractivity contribution in [1.29, 1.82) is 0 Å².